The normalized spacial score (nSPS) is 31.8. The Bertz CT molecular complexity index is 216. The van der Waals surface area contributed by atoms with E-state index >= 15 is 0 Å². The van der Waals surface area contributed by atoms with Crippen molar-refractivity contribution in [2.24, 2.45) is 17.8 Å². The summed E-state index contributed by atoms with van der Waals surface area (Å²) in [5.74, 6) is 2.45. The smallest absolute Gasteiger partial charge is 0.207 e. The van der Waals surface area contributed by atoms with Gasteiger partial charge >= 0.3 is 0 Å². The maximum atomic E-state index is 10.3. The van der Waals surface area contributed by atoms with Gasteiger partial charge in [0.25, 0.3) is 0 Å². The molecule has 1 aliphatic heterocycles. The van der Waals surface area contributed by atoms with Crippen LogP contribution in [-0.2, 0) is 4.79 Å². The summed E-state index contributed by atoms with van der Waals surface area (Å²) in [7, 11) is 0. The second-order valence-electron chi connectivity index (χ2n) is 5.12. The van der Waals surface area contributed by atoms with Gasteiger partial charge in [-0.2, -0.15) is 0 Å². The number of carbonyl (C=O) groups is 1. The molecule has 0 radical (unpaired) electrons. The predicted octanol–water partition coefficient (Wildman–Crippen LogP) is 1.10. The van der Waals surface area contributed by atoms with Crippen LogP contribution >= 0.6 is 0 Å². The number of nitrogens with one attached hydrogen (secondary N) is 1. The molecular formula is C12H22N2O. The first-order valence-electron chi connectivity index (χ1n) is 6.22. The molecule has 3 heteroatoms. The van der Waals surface area contributed by atoms with Gasteiger partial charge in [0.1, 0.15) is 0 Å². The predicted molar refractivity (Wildman–Crippen MR) is 60.5 cm³/mol. The fraction of sp³-hybridized carbons (Fsp3) is 0.917. The highest BCUT2D eigenvalue weighted by molar-refractivity contribution is 5.45. The second kappa shape index (κ2) is 4.97. The monoisotopic (exact) mass is 210 g/mol. The average Bonchev–Trinajstić information content (AvgIpc) is 2.95. The maximum absolute atomic E-state index is 10.3. The molecule has 0 aromatic carbocycles. The van der Waals surface area contributed by atoms with Crippen molar-refractivity contribution in [3.8, 4) is 0 Å². The zero-order chi connectivity index (χ0) is 10.7. The Morgan fingerprint density at radius 2 is 2.07 bits per heavy atom. The van der Waals surface area contributed by atoms with Crippen LogP contribution in [0.3, 0.4) is 0 Å². The van der Waals surface area contributed by atoms with Gasteiger partial charge in [-0.1, -0.05) is 13.3 Å². The minimum absolute atomic E-state index is 0.680. The number of amides is 1. The molecule has 2 fully saturated rings. The first kappa shape index (κ1) is 10.9. The number of hydrogen-bond acceptors (Lipinski definition) is 2. The van der Waals surface area contributed by atoms with Crippen LogP contribution in [-0.4, -0.2) is 37.5 Å². The van der Waals surface area contributed by atoms with Crippen molar-refractivity contribution in [3.63, 3.8) is 0 Å². The van der Waals surface area contributed by atoms with Crippen LogP contribution in [0.2, 0.25) is 0 Å². The highest BCUT2D eigenvalue weighted by atomic mass is 16.1. The molecule has 1 saturated heterocycles. The van der Waals surface area contributed by atoms with Crippen molar-refractivity contribution >= 4 is 6.41 Å². The molecule has 2 rings (SSSR count). The zero-order valence-electron chi connectivity index (χ0n) is 9.61. The van der Waals surface area contributed by atoms with Gasteiger partial charge in [-0.25, -0.2) is 0 Å². The molecule has 1 saturated carbocycles. The van der Waals surface area contributed by atoms with E-state index in [9.17, 15) is 4.79 Å². The van der Waals surface area contributed by atoms with Gasteiger partial charge in [-0.05, 0) is 30.6 Å². The summed E-state index contributed by atoms with van der Waals surface area (Å²) in [5, 5.41) is 2.84. The highest BCUT2D eigenvalue weighted by Crippen LogP contribution is 2.33. The molecule has 1 aliphatic carbocycles. The van der Waals surface area contributed by atoms with E-state index in [0.717, 1.165) is 24.8 Å². The number of likely N-dealkylation sites (tertiary alicyclic amines) is 1. The molecule has 1 N–H and O–H groups in total. The van der Waals surface area contributed by atoms with E-state index < -0.39 is 0 Å². The number of carbonyl (C=O) groups excluding carboxylic acids is 1. The fourth-order valence-corrected chi connectivity index (χ4v) is 2.74. The SMILES string of the molecule is CCC1CN(CC2CC2)CC1CNC=O. The van der Waals surface area contributed by atoms with Crippen molar-refractivity contribution in [3.05, 3.63) is 0 Å². The Kier molecular flexibility index (Phi) is 3.62. The zero-order valence-corrected chi connectivity index (χ0v) is 9.61. The maximum Gasteiger partial charge on any atom is 0.207 e. The van der Waals surface area contributed by atoms with E-state index in [-0.39, 0.29) is 0 Å². The highest BCUT2D eigenvalue weighted by Gasteiger charge is 2.34. The number of rotatable bonds is 6. The lowest BCUT2D eigenvalue weighted by atomic mass is 9.94. The molecule has 1 heterocycles. The molecule has 0 aromatic heterocycles. The molecule has 15 heavy (non-hydrogen) atoms. The molecule has 1 amide bonds. The summed E-state index contributed by atoms with van der Waals surface area (Å²) in [5.41, 5.74) is 0. The van der Waals surface area contributed by atoms with Gasteiger partial charge in [0.15, 0.2) is 0 Å². The first-order valence-corrected chi connectivity index (χ1v) is 6.22. The summed E-state index contributed by atoms with van der Waals surface area (Å²) >= 11 is 0. The van der Waals surface area contributed by atoms with Crippen LogP contribution in [0.5, 0.6) is 0 Å². The minimum atomic E-state index is 0.680. The molecule has 3 nitrogen and oxygen atoms in total. The van der Waals surface area contributed by atoms with Gasteiger partial charge in [-0.15, -0.1) is 0 Å². The van der Waals surface area contributed by atoms with E-state index in [4.69, 9.17) is 0 Å². The van der Waals surface area contributed by atoms with Crippen molar-refractivity contribution in [1.82, 2.24) is 10.2 Å². The Morgan fingerprint density at radius 3 is 2.67 bits per heavy atom. The van der Waals surface area contributed by atoms with E-state index in [2.05, 4.69) is 17.1 Å². The summed E-state index contributed by atoms with van der Waals surface area (Å²) < 4.78 is 0. The van der Waals surface area contributed by atoms with Gasteiger partial charge in [-0.3, -0.25) is 4.79 Å². The van der Waals surface area contributed by atoms with Gasteiger partial charge in [0, 0.05) is 26.2 Å². The van der Waals surface area contributed by atoms with Crippen molar-refractivity contribution < 1.29 is 4.79 Å². The Hall–Kier alpha value is -0.570. The van der Waals surface area contributed by atoms with Crippen LogP contribution in [0.25, 0.3) is 0 Å². The summed E-state index contributed by atoms with van der Waals surface area (Å²) in [6.07, 6.45) is 4.94. The van der Waals surface area contributed by atoms with E-state index in [1.54, 1.807) is 0 Å². The number of nitrogens with zero attached hydrogens (tertiary/aromatic N) is 1. The molecule has 2 unspecified atom stereocenters. The molecular weight excluding hydrogens is 188 g/mol. The summed E-state index contributed by atoms with van der Waals surface area (Å²) in [6.45, 7) is 6.87. The minimum Gasteiger partial charge on any atom is -0.358 e. The van der Waals surface area contributed by atoms with Gasteiger partial charge in [0.2, 0.25) is 6.41 Å². The van der Waals surface area contributed by atoms with Crippen LogP contribution in [0, 0.1) is 17.8 Å². The Balaban J connectivity index is 1.78. The third-order valence-electron chi connectivity index (χ3n) is 3.85. The second-order valence-corrected chi connectivity index (χ2v) is 5.12. The third kappa shape index (κ3) is 2.94. The van der Waals surface area contributed by atoms with Crippen LogP contribution in [0.1, 0.15) is 26.2 Å². The standard InChI is InChI=1S/C12H22N2O/c1-2-11-7-14(6-10-3-4-10)8-12(11)5-13-9-15/h9-12H,2-8H2,1H3,(H,13,15). The van der Waals surface area contributed by atoms with E-state index in [1.165, 1.54) is 38.9 Å². The first-order chi connectivity index (χ1) is 7.33. The molecule has 2 aliphatic rings. The lowest BCUT2D eigenvalue weighted by molar-refractivity contribution is -0.109. The van der Waals surface area contributed by atoms with Crippen molar-refractivity contribution in [2.45, 2.75) is 26.2 Å². The van der Waals surface area contributed by atoms with Gasteiger partial charge in [0.05, 0.1) is 0 Å². The van der Waals surface area contributed by atoms with Gasteiger partial charge < -0.3 is 10.2 Å². The number of hydrogen-bond donors (Lipinski definition) is 1. The van der Waals surface area contributed by atoms with Crippen molar-refractivity contribution in [2.75, 3.05) is 26.2 Å². The van der Waals surface area contributed by atoms with Crippen LogP contribution in [0.15, 0.2) is 0 Å². The lowest BCUT2D eigenvalue weighted by Crippen LogP contribution is -2.27. The molecule has 0 spiro atoms. The Morgan fingerprint density at radius 1 is 1.33 bits per heavy atom. The molecule has 0 aromatic rings. The van der Waals surface area contributed by atoms with Crippen LogP contribution < -0.4 is 5.32 Å². The lowest BCUT2D eigenvalue weighted by Gasteiger charge is -2.15. The summed E-state index contributed by atoms with van der Waals surface area (Å²) in [6, 6.07) is 0. The van der Waals surface area contributed by atoms with Crippen molar-refractivity contribution in [1.29, 1.82) is 0 Å². The van der Waals surface area contributed by atoms with E-state index in [1.807, 2.05) is 0 Å². The average molecular weight is 210 g/mol. The summed E-state index contributed by atoms with van der Waals surface area (Å²) in [4.78, 5) is 12.9. The molecule has 2 atom stereocenters. The largest absolute Gasteiger partial charge is 0.358 e. The molecule has 86 valence electrons. The molecule has 0 bridgehead atoms. The Labute approximate surface area is 92.2 Å². The van der Waals surface area contributed by atoms with Crippen LogP contribution in [0.4, 0.5) is 0 Å². The van der Waals surface area contributed by atoms with E-state index in [0.29, 0.717) is 5.92 Å². The third-order valence-corrected chi connectivity index (χ3v) is 3.85. The topological polar surface area (TPSA) is 32.3 Å². The quantitative estimate of drug-likeness (QED) is 0.666. The fourth-order valence-electron chi connectivity index (χ4n) is 2.74.